The number of rotatable bonds is 3. The predicted molar refractivity (Wildman–Crippen MR) is 137 cm³/mol. The van der Waals surface area contributed by atoms with E-state index in [4.69, 9.17) is 9.47 Å². The summed E-state index contributed by atoms with van der Waals surface area (Å²) in [5.41, 5.74) is 7.81. The molecule has 0 saturated heterocycles. The van der Waals surface area contributed by atoms with Crippen molar-refractivity contribution in [3.8, 4) is 28.4 Å². The molecule has 0 spiro atoms. The lowest BCUT2D eigenvalue weighted by atomic mass is 9.33. The molecule has 158 valence electrons. The first-order valence-corrected chi connectivity index (χ1v) is 11.3. The van der Waals surface area contributed by atoms with E-state index in [1.165, 1.54) is 11.1 Å². The maximum absolute atomic E-state index is 6.34. The summed E-state index contributed by atoms with van der Waals surface area (Å²) in [5.74, 6) is 3.17. The summed E-state index contributed by atoms with van der Waals surface area (Å²) in [4.78, 5) is 0. The third kappa shape index (κ3) is 3.37. The summed E-state index contributed by atoms with van der Waals surface area (Å²) in [6.07, 6.45) is 10.6. The first-order chi connectivity index (χ1) is 16.2. The summed E-state index contributed by atoms with van der Waals surface area (Å²) < 4.78 is 12.5. The van der Waals surface area contributed by atoms with Gasteiger partial charge in [0.2, 0.25) is 0 Å². The van der Waals surface area contributed by atoms with Gasteiger partial charge in [-0.15, -0.1) is 0 Å². The number of hydrogen-bond donors (Lipinski definition) is 0. The van der Waals surface area contributed by atoms with Crippen molar-refractivity contribution in [2.45, 2.75) is 12.8 Å². The third-order valence-electron chi connectivity index (χ3n) is 6.58. The van der Waals surface area contributed by atoms with Crippen LogP contribution in [0.2, 0.25) is 0 Å². The molecule has 0 bridgehead atoms. The molecule has 2 heterocycles. The summed E-state index contributed by atoms with van der Waals surface area (Å²) >= 11 is 0. The molecule has 3 aromatic carbocycles. The molecule has 0 radical (unpaired) electrons. The van der Waals surface area contributed by atoms with E-state index in [2.05, 4.69) is 79.9 Å². The van der Waals surface area contributed by atoms with Gasteiger partial charge in [0.1, 0.15) is 23.0 Å². The molecule has 6 rings (SSSR count). The Labute approximate surface area is 195 Å². The minimum absolute atomic E-state index is 0.0265. The van der Waals surface area contributed by atoms with Crippen molar-refractivity contribution >= 4 is 17.6 Å². The molecule has 0 fully saturated rings. The summed E-state index contributed by atoms with van der Waals surface area (Å²) in [7, 11) is 0. The zero-order valence-corrected chi connectivity index (χ0v) is 18.4. The van der Waals surface area contributed by atoms with Crippen LogP contribution in [0.3, 0.4) is 0 Å². The standard InChI is InChI=1S/C30H23BO2/c1-20(22-10-5-3-6-11-22)18-25-21(2)32-28-14-9-15-29-30(28)31(25)26-19-24(16-17-27(26)33-29)23-12-7-4-8-13-23/h3-5,7-10,12-19H,1-2,6,11H2/b25-18+. The van der Waals surface area contributed by atoms with Gasteiger partial charge in [0.25, 0.3) is 6.71 Å². The van der Waals surface area contributed by atoms with E-state index in [1.54, 1.807) is 0 Å². The Kier molecular flexibility index (Phi) is 4.69. The molecule has 2 aliphatic heterocycles. The minimum atomic E-state index is -0.0265. The summed E-state index contributed by atoms with van der Waals surface area (Å²) in [5, 5.41) is 0. The third-order valence-corrected chi connectivity index (χ3v) is 6.58. The highest BCUT2D eigenvalue weighted by molar-refractivity contribution is 6.94. The number of ether oxygens (including phenoxy) is 2. The molecular formula is C30H23BO2. The second kappa shape index (κ2) is 7.86. The highest BCUT2D eigenvalue weighted by Gasteiger charge is 2.41. The van der Waals surface area contributed by atoms with Crippen LogP contribution in [-0.2, 0) is 0 Å². The topological polar surface area (TPSA) is 18.5 Å². The van der Waals surface area contributed by atoms with Gasteiger partial charge in [0, 0.05) is 5.46 Å². The molecule has 1 aliphatic carbocycles. The number of hydrogen-bond acceptors (Lipinski definition) is 2. The van der Waals surface area contributed by atoms with Crippen LogP contribution < -0.4 is 20.4 Å². The van der Waals surface area contributed by atoms with Crippen LogP contribution in [0.25, 0.3) is 11.1 Å². The van der Waals surface area contributed by atoms with Crippen LogP contribution in [-0.4, -0.2) is 6.71 Å². The Hall–Kier alpha value is -3.98. The largest absolute Gasteiger partial charge is 0.459 e. The fraction of sp³-hybridized carbons (Fsp3) is 0.0667. The molecule has 0 atom stereocenters. The van der Waals surface area contributed by atoms with Crippen molar-refractivity contribution in [1.29, 1.82) is 0 Å². The van der Waals surface area contributed by atoms with Crippen LogP contribution in [0.5, 0.6) is 17.2 Å². The lowest BCUT2D eigenvalue weighted by Gasteiger charge is -2.34. The van der Waals surface area contributed by atoms with E-state index in [9.17, 15) is 0 Å². The first-order valence-electron chi connectivity index (χ1n) is 11.3. The van der Waals surface area contributed by atoms with Crippen molar-refractivity contribution in [3.63, 3.8) is 0 Å². The van der Waals surface area contributed by atoms with Crippen LogP contribution >= 0.6 is 0 Å². The van der Waals surface area contributed by atoms with Crippen molar-refractivity contribution < 1.29 is 9.47 Å². The average Bonchev–Trinajstić information content (AvgIpc) is 2.86. The summed E-state index contributed by atoms with van der Waals surface area (Å²) in [6, 6.07) is 22.9. The van der Waals surface area contributed by atoms with Crippen LogP contribution in [0.1, 0.15) is 12.8 Å². The fourth-order valence-corrected chi connectivity index (χ4v) is 4.93. The van der Waals surface area contributed by atoms with Crippen LogP contribution in [0.4, 0.5) is 0 Å². The average molecular weight is 426 g/mol. The maximum Gasteiger partial charge on any atom is 0.260 e. The molecule has 3 aromatic rings. The second-order valence-corrected chi connectivity index (χ2v) is 8.63. The van der Waals surface area contributed by atoms with Gasteiger partial charge in [-0.3, -0.25) is 0 Å². The van der Waals surface area contributed by atoms with Gasteiger partial charge in [0.15, 0.2) is 0 Å². The van der Waals surface area contributed by atoms with Gasteiger partial charge in [-0.2, -0.15) is 0 Å². The quantitative estimate of drug-likeness (QED) is 0.460. The van der Waals surface area contributed by atoms with E-state index in [0.717, 1.165) is 57.6 Å². The molecule has 2 nitrogen and oxygen atoms in total. The Morgan fingerprint density at radius 3 is 2.48 bits per heavy atom. The van der Waals surface area contributed by atoms with Gasteiger partial charge in [-0.25, -0.2) is 0 Å². The second-order valence-electron chi connectivity index (χ2n) is 8.63. The molecule has 0 amide bonds. The Bertz CT molecular complexity index is 1390. The van der Waals surface area contributed by atoms with E-state index in [0.29, 0.717) is 5.76 Å². The highest BCUT2D eigenvalue weighted by Crippen LogP contribution is 2.38. The molecule has 0 aromatic heterocycles. The monoisotopic (exact) mass is 426 g/mol. The highest BCUT2D eigenvalue weighted by atomic mass is 16.5. The Morgan fingerprint density at radius 1 is 0.879 bits per heavy atom. The molecular weight excluding hydrogens is 403 g/mol. The van der Waals surface area contributed by atoms with Crippen LogP contribution in [0, 0.1) is 0 Å². The zero-order valence-electron chi connectivity index (χ0n) is 18.4. The van der Waals surface area contributed by atoms with Crippen molar-refractivity contribution in [2.75, 3.05) is 0 Å². The van der Waals surface area contributed by atoms with E-state index in [-0.39, 0.29) is 6.71 Å². The van der Waals surface area contributed by atoms with Gasteiger partial charge in [0.05, 0.1) is 0 Å². The lowest BCUT2D eigenvalue weighted by molar-refractivity contribution is 0.433. The molecule has 0 unspecified atom stereocenters. The zero-order chi connectivity index (χ0) is 22.4. The number of allylic oxidation sites excluding steroid dienone is 7. The van der Waals surface area contributed by atoms with Crippen LogP contribution in [0.15, 0.2) is 127 Å². The van der Waals surface area contributed by atoms with Gasteiger partial charge in [-0.05, 0) is 64.2 Å². The van der Waals surface area contributed by atoms with Gasteiger partial charge < -0.3 is 9.47 Å². The van der Waals surface area contributed by atoms with E-state index in [1.807, 2.05) is 24.3 Å². The molecule has 3 heteroatoms. The fourth-order valence-electron chi connectivity index (χ4n) is 4.93. The molecule has 3 aliphatic rings. The Morgan fingerprint density at radius 2 is 1.70 bits per heavy atom. The number of benzene rings is 3. The normalized spacial score (nSPS) is 17.0. The first kappa shape index (κ1) is 19.7. The smallest absolute Gasteiger partial charge is 0.260 e. The molecule has 0 saturated carbocycles. The van der Waals surface area contributed by atoms with Crippen molar-refractivity contribution in [1.82, 2.24) is 0 Å². The van der Waals surface area contributed by atoms with E-state index >= 15 is 0 Å². The number of fused-ring (bicyclic) bond motifs is 2. The summed E-state index contributed by atoms with van der Waals surface area (Å²) in [6.45, 7) is 8.65. The maximum atomic E-state index is 6.34. The predicted octanol–water partition coefficient (Wildman–Crippen LogP) is 6.27. The minimum Gasteiger partial charge on any atom is -0.459 e. The van der Waals surface area contributed by atoms with Gasteiger partial charge in [-0.1, -0.05) is 86.0 Å². The SMILES string of the molecule is C=C(/C=C1/B2c3cc(-c4ccccc4)ccc3Oc3cccc(c32)OC1=C)C1=CC=CCC1. The lowest BCUT2D eigenvalue weighted by Crippen LogP contribution is -2.51. The van der Waals surface area contributed by atoms with E-state index < -0.39 is 0 Å². The Balaban J connectivity index is 1.53. The van der Waals surface area contributed by atoms with Gasteiger partial charge >= 0.3 is 0 Å². The van der Waals surface area contributed by atoms with Crippen molar-refractivity contribution in [3.05, 3.63) is 127 Å². The molecule has 0 N–H and O–H groups in total. The molecule has 33 heavy (non-hydrogen) atoms. The van der Waals surface area contributed by atoms with Crippen molar-refractivity contribution in [2.24, 2.45) is 0 Å².